The molecule has 18 heavy (non-hydrogen) atoms. The van der Waals surface area contributed by atoms with E-state index in [0.717, 1.165) is 5.56 Å². The van der Waals surface area contributed by atoms with Crippen LogP contribution in [-0.4, -0.2) is 25.1 Å². The van der Waals surface area contributed by atoms with E-state index in [-0.39, 0.29) is 5.91 Å². The first kappa shape index (κ1) is 12.4. The molecule has 0 saturated heterocycles. The third-order valence-electron chi connectivity index (χ3n) is 2.84. The molecule has 0 bridgehead atoms. The Morgan fingerprint density at radius 2 is 2.17 bits per heavy atom. The normalized spacial score (nSPS) is 15.3. The summed E-state index contributed by atoms with van der Waals surface area (Å²) in [7, 11) is 1.31. The minimum absolute atomic E-state index is 0.0377. The summed E-state index contributed by atoms with van der Waals surface area (Å²) in [5, 5.41) is 2.77. The molecule has 0 aromatic heterocycles. The number of carbonyl (C=O) groups is 2. The summed E-state index contributed by atoms with van der Waals surface area (Å²) in [6.45, 7) is 1.61. The highest BCUT2D eigenvalue weighted by Crippen LogP contribution is 2.33. The van der Waals surface area contributed by atoms with Crippen molar-refractivity contribution in [1.29, 1.82) is 0 Å². The van der Waals surface area contributed by atoms with E-state index in [0.29, 0.717) is 24.3 Å². The van der Waals surface area contributed by atoms with E-state index in [4.69, 9.17) is 4.74 Å². The number of ether oxygens (including phenoxy) is 2. The second kappa shape index (κ2) is 5.08. The molecule has 1 aliphatic heterocycles. The van der Waals surface area contributed by atoms with Crippen LogP contribution in [0.5, 0.6) is 5.75 Å². The number of benzene rings is 1. The molecule has 1 heterocycles. The Bertz CT molecular complexity index is 484. The summed E-state index contributed by atoms with van der Waals surface area (Å²) in [5.41, 5.74) is 1.67. The fraction of sp³-hybridized carbons (Fsp3) is 0.385. The monoisotopic (exact) mass is 249 g/mol. The number of aryl methyl sites for hydroxylation is 1. The molecule has 5 heteroatoms. The van der Waals surface area contributed by atoms with Gasteiger partial charge < -0.3 is 14.8 Å². The number of anilines is 1. The van der Waals surface area contributed by atoms with Crippen LogP contribution in [0.25, 0.3) is 0 Å². The average Bonchev–Trinajstić information content (AvgIpc) is 2.38. The number of methoxy groups -OCH3 is 1. The molecular formula is C13H15NO4. The fourth-order valence-corrected chi connectivity index (χ4v) is 1.88. The maximum atomic E-state index is 11.4. The third kappa shape index (κ3) is 2.45. The van der Waals surface area contributed by atoms with Crippen LogP contribution in [0, 0.1) is 0 Å². The van der Waals surface area contributed by atoms with Gasteiger partial charge in [-0.1, -0.05) is 12.1 Å². The van der Waals surface area contributed by atoms with Gasteiger partial charge in [-0.2, -0.15) is 0 Å². The number of esters is 1. The van der Waals surface area contributed by atoms with E-state index in [1.807, 2.05) is 12.1 Å². The Hall–Kier alpha value is -2.04. The van der Waals surface area contributed by atoms with Crippen molar-refractivity contribution in [2.24, 2.45) is 0 Å². The average molecular weight is 249 g/mol. The first-order chi connectivity index (χ1) is 8.61. The molecule has 0 fully saturated rings. The summed E-state index contributed by atoms with van der Waals surface area (Å²) in [4.78, 5) is 22.7. The molecule has 0 radical (unpaired) electrons. The molecule has 0 spiro atoms. The van der Waals surface area contributed by atoms with E-state index >= 15 is 0 Å². The molecule has 5 nitrogen and oxygen atoms in total. The number of carbonyl (C=O) groups excluding carboxylic acids is 2. The lowest BCUT2D eigenvalue weighted by Gasteiger charge is -2.21. The number of hydrogen-bond acceptors (Lipinski definition) is 4. The van der Waals surface area contributed by atoms with Gasteiger partial charge in [0.15, 0.2) is 6.10 Å². The molecule has 2 rings (SSSR count). The largest absolute Gasteiger partial charge is 0.477 e. The van der Waals surface area contributed by atoms with E-state index in [1.54, 1.807) is 13.0 Å². The van der Waals surface area contributed by atoms with Crippen molar-refractivity contribution in [3.63, 3.8) is 0 Å². The predicted octanol–water partition coefficient (Wildman–Crippen LogP) is 1.51. The van der Waals surface area contributed by atoms with Crippen LogP contribution in [0.15, 0.2) is 18.2 Å². The maximum Gasteiger partial charge on any atom is 0.346 e. The van der Waals surface area contributed by atoms with E-state index in [9.17, 15) is 9.59 Å². The van der Waals surface area contributed by atoms with Crippen LogP contribution in [0.2, 0.25) is 0 Å². The summed E-state index contributed by atoms with van der Waals surface area (Å²) in [6.07, 6.45) is 0.453. The predicted molar refractivity (Wildman–Crippen MR) is 65.5 cm³/mol. The van der Waals surface area contributed by atoms with E-state index in [2.05, 4.69) is 10.1 Å². The highest BCUT2D eigenvalue weighted by atomic mass is 16.6. The lowest BCUT2D eigenvalue weighted by atomic mass is 10.0. The molecule has 1 aromatic rings. The Balaban J connectivity index is 2.23. The van der Waals surface area contributed by atoms with E-state index < -0.39 is 12.1 Å². The highest BCUT2D eigenvalue weighted by molar-refractivity contribution is 5.95. The van der Waals surface area contributed by atoms with Crippen LogP contribution in [0.4, 0.5) is 5.69 Å². The molecule has 96 valence electrons. The number of para-hydroxylation sites is 1. The van der Waals surface area contributed by atoms with Crippen LogP contribution >= 0.6 is 0 Å². The molecule has 1 aromatic carbocycles. The zero-order chi connectivity index (χ0) is 13.1. The van der Waals surface area contributed by atoms with Gasteiger partial charge >= 0.3 is 5.97 Å². The van der Waals surface area contributed by atoms with Gasteiger partial charge in [0.1, 0.15) is 5.75 Å². The maximum absolute atomic E-state index is 11.4. The molecule has 0 saturated carbocycles. The molecule has 0 aliphatic carbocycles. The zero-order valence-electron chi connectivity index (χ0n) is 10.4. The van der Waals surface area contributed by atoms with Crippen molar-refractivity contribution in [1.82, 2.24) is 0 Å². The number of hydrogen-bond donors (Lipinski definition) is 1. The van der Waals surface area contributed by atoms with Crippen LogP contribution in [0.1, 0.15) is 18.9 Å². The Morgan fingerprint density at radius 3 is 2.89 bits per heavy atom. The SMILES string of the molecule is COC(=O)C(C)Oc1cccc2c1NC(=O)CC2. The Morgan fingerprint density at radius 1 is 1.39 bits per heavy atom. The van der Waals surface area contributed by atoms with Crippen molar-refractivity contribution >= 4 is 17.6 Å². The van der Waals surface area contributed by atoms with Crippen molar-refractivity contribution in [3.05, 3.63) is 23.8 Å². The van der Waals surface area contributed by atoms with Crippen molar-refractivity contribution in [3.8, 4) is 5.75 Å². The number of nitrogens with one attached hydrogen (secondary N) is 1. The van der Waals surface area contributed by atoms with Crippen LogP contribution < -0.4 is 10.1 Å². The van der Waals surface area contributed by atoms with Gasteiger partial charge in [0.2, 0.25) is 5.91 Å². The minimum atomic E-state index is -0.708. The van der Waals surface area contributed by atoms with Gasteiger partial charge in [0, 0.05) is 6.42 Å². The minimum Gasteiger partial charge on any atom is -0.477 e. The van der Waals surface area contributed by atoms with Gasteiger partial charge in [-0.3, -0.25) is 4.79 Å². The molecule has 1 aliphatic rings. The van der Waals surface area contributed by atoms with Crippen molar-refractivity contribution in [2.45, 2.75) is 25.9 Å². The smallest absolute Gasteiger partial charge is 0.346 e. The Labute approximate surface area is 105 Å². The summed E-state index contributed by atoms with van der Waals surface area (Å²) < 4.78 is 10.1. The second-order valence-corrected chi connectivity index (χ2v) is 4.12. The second-order valence-electron chi connectivity index (χ2n) is 4.12. The standard InChI is InChI=1S/C13H15NO4/c1-8(13(16)17-2)18-10-5-3-4-9-6-7-11(15)14-12(9)10/h3-5,8H,6-7H2,1-2H3,(H,14,15). The van der Waals surface area contributed by atoms with Gasteiger partial charge in [0.05, 0.1) is 12.8 Å². The van der Waals surface area contributed by atoms with Crippen LogP contribution in [-0.2, 0) is 20.7 Å². The van der Waals surface area contributed by atoms with Gasteiger partial charge in [-0.25, -0.2) is 4.79 Å². The van der Waals surface area contributed by atoms with Crippen molar-refractivity contribution in [2.75, 3.05) is 12.4 Å². The lowest BCUT2D eigenvalue weighted by Crippen LogP contribution is -2.26. The fourth-order valence-electron chi connectivity index (χ4n) is 1.88. The first-order valence-corrected chi connectivity index (χ1v) is 5.78. The summed E-state index contributed by atoms with van der Waals surface area (Å²) in [6, 6.07) is 5.50. The molecular weight excluding hydrogens is 234 g/mol. The quantitative estimate of drug-likeness (QED) is 0.825. The van der Waals surface area contributed by atoms with Crippen LogP contribution in [0.3, 0.4) is 0 Å². The molecule has 1 unspecified atom stereocenters. The molecule has 1 atom stereocenters. The lowest BCUT2D eigenvalue weighted by molar-refractivity contribution is -0.147. The summed E-state index contributed by atoms with van der Waals surface area (Å²) in [5.74, 6) is 0.0115. The number of fused-ring (bicyclic) bond motifs is 1. The third-order valence-corrected chi connectivity index (χ3v) is 2.84. The van der Waals surface area contributed by atoms with Gasteiger partial charge in [-0.05, 0) is 25.0 Å². The highest BCUT2D eigenvalue weighted by Gasteiger charge is 2.21. The van der Waals surface area contributed by atoms with Crippen molar-refractivity contribution < 1.29 is 19.1 Å². The molecule has 1 amide bonds. The van der Waals surface area contributed by atoms with Gasteiger partial charge in [-0.15, -0.1) is 0 Å². The van der Waals surface area contributed by atoms with E-state index in [1.165, 1.54) is 7.11 Å². The number of rotatable bonds is 3. The Kier molecular flexibility index (Phi) is 3.50. The summed E-state index contributed by atoms with van der Waals surface area (Å²) >= 11 is 0. The topological polar surface area (TPSA) is 64.6 Å². The zero-order valence-corrected chi connectivity index (χ0v) is 10.4. The number of amides is 1. The van der Waals surface area contributed by atoms with Gasteiger partial charge in [0.25, 0.3) is 0 Å². The molecule has 1 N–H and O–H groups in total. The first-order valence-electron chi connectivity index (χ1n) is 5.78.